The molecule has 14 nitrogen and oxygen atoms in total. The van der Waals surface area contributed by atoms with E-state index in [0.717, 1.165) is 34.4 Å². The quantitative estimate of drug-likeness (QED) is 0.0465. The van der Waals surface area contributed by atoms with Crippen molar-refractivity contribution in [1.82, 2.24) is 5.32 Å². The van der Waals surface area contributed by atoms with E-state index in [1.54, 1.807) is 43.4 Å². The van der Waals surface area contributed by atoms with Gasteiger partial charge in [-0.15, -0.1) is 0 Å². The first-order valence-corrected chi connectivity index (χ1v) is 24.9. The lowest BCUT2D eigenvalue weighted by Crippen LogP contribution is -2.35. The third-order valence-electron chi connectivity index (χ3n) is 11.8. The van der Waals surface area contributed by atoms with Crippen LogP contribution in [-0.2, 0) is 52.4 Å². The number of aryl methyl sites for hydroxylation is 1. The fourth-order valence-corrected chi connectivity index (χ4v) is 9.60. The van der Waals surface area contributed by atoms with Gasteiger partial charge in [-0.05, 0) is 140 Å². The molecule has 1 aliphatic carbocycles. The van der Waals surface area contributed by atoms with Crippen LogP contribution in [0.5, 0.6) is 5.75 Å². The van der Waals surface area contributed by atoms with E-state index in [1.807, 2.05) is 63.8 Å². The number of hydrogen-bond donors (Lipinski definition) is 5. The normalized spacial score (nSPS) is 17.7. The number of fused-ring (bicyclic) bond motifs is 1. The van der Waals surface area contributed by atoms with E-state index in [-0.39, 0.29) is 22.6 Å². The molecule has 0 amide bonds. The first-order valence-electron chi connectivity index (χ1n) is 20.4. The zero-order valence-electron chi connectivity index (χ0n) is 36.3. The van der Waals surface area contributed by atoms with Gasteiger partial charge < -0.3 is 20.1 Å². The lowest BCUT2D eigenvalue weighted by molar-refractivity contribution is -0.139. The summed E-state index contributed by atoms with van der Waals surface area (Å²) < 4.78 is 107. The number of allylic oxidation sites excluding steroid dienone is 8. The Bertz CT molecular complexity index is 2730. The van der Waals surface area contributed by atoms with Crippen molar-refractivity contribution in [1.29, 1.82) is 0 Å². The Morgan fingerprint density at radius 1 is 0.921 bits per heavy atom. The fourth-order valence-electron chi connectivity index (χ4n) is 8.02. The predicted molar refractivity (Wildman–Crippen MR) is 243 cm³/mol. The van der Waals surface area contributed by atoms with Crippen LogP contribution < -0.4 is 15.0 Å². The van der Waals surface area contributed by atoms with Crippen molar-refractivity contribution >= 4 is 42.0 Å². The number of carboxylic acids is 1. The van der Waals surface area contributed by atoms with Gasteiger partial charge in [0, 0.05) is 28.8 Å². The minimum atomic E-state index is -4.52. The summed E-state index contributed by atoms with van der Waals surface area (Å²) in [5, 5.41) is 12.4. The zero-order valence-corrected chi connectivity index (χ0v) is 38.7. The monoisotopic (exact) mass is 924 g/mol. The maximum absolute atomic E-state index is 12.2. The molecule has 1 unspecified atom stereocenters. The number of nitrogens with one attached hydrogen (secondary N) is 1. The average molecular weight is 925 g/mol. The number of anilines is 1. The number of ether oxygens (including phenoxy) is 1. The van der Waals surface area contributed by atoms with Crippen LogP contribution in [-0.4, -0.2) is 75.4 Å². The number of rotatable bonds is 18. The molecule has 63 heavy (non-hydrogen) atoms. The van der Waals surface area contributed by atoms with Gasteiger partial charge in [0.1, 0.15) is 17.6 Å². The van der Waals surface area contributed by atoms with Gasteiger partial charge in [0.2, 0.25) is 0 Å². The highest BCUT2D eigenvalue weighted by atomic mass is 32.2. The summed E-state index contributed by atoms with van der Waals surface area (Å²) in [5.41, 5.74) is 5.13. The first-order chi connectivity index (χ1) is 29.2. The van der Waals surface area contributed by atoms with E-state index in [4.69, 9.17) is 4.74 Å². The highest BCUT2D eigenvalue weighted by molar-refractivity contribution is 7.86. The van der Waals surface area contributed by atoms with E-state index in [9.17, 15) is 48.8 Å². The lowest BCUT2D eigenvalue weighted by atomic mass is 9.76. The number of unbranched alkanes of at least 4 members (excludes halogenated alkanes) is 1. The second-order valence-corrected chi connectivity index (χ2v) is 21.4. The van der Waals surface area contributed by atoms with Crippen molar-refractivity contribution in [3.8, 4) is 5.75 Å². The van der Waals surface area contributed by atoms with Gasteiger partial charge in [-0.2, -0.15) is 25.3 Å². The Kier molecular flexibility index (Phi) is 14.9. The van der Waals surface area contributed by atoms with Crippen LogP contribution in [0.2, 0.25) is 0 Å². The van der Waals surface area contributed by atoms with Gasteiger partial charge in [-0.1, -0.05) is 70.7 Å². The van der Waals surface area contributed by atoms with Crippen molar-refractivity contribution in [3.05, 3.63) is 142 Å². The summed E-state index contributed by atoms with van der Waals surface area (Å²) in [6.07, 6.45) is 10.5. The number of likely N-dealkylation sites (N-methyl/N-ethyl adjacent to an activating group) is 1. The molecule has 0 aromatic heterocycles. The molecular weight excluding hydrogens is 869 g/mol. The summed E-state index contributed by atoms with van der Waals surface area (Å²) in [7, 11) is -11.6. The number of hydrogen-bond acceptors (Lipinski definition) is 10. The summed E-state index contributed by atoms with van der Waals surface area (Å²) in [5.74, 6) is -0.321. The Labute approximate surface area is 371 Å². The molecule has 3 aromatic rings. The number of nitrogens with zero attached hydrogens (tertiary/aromatic N) is 1. The van der Waals surface area contributed by atoms with Crippen molar-refractivity contribution < 1.29 is 53.5 Å². The Hall–Kier alpha value is -4.88. The second-order valence-electron chi connectivity index (χ2n) is 16.9. The van der Waals surface area contributed by atoms with Gasteiger partial charge in [0.25, 0.3) is 30.4 Å². The maximum atomic E-state index is 12.2. The van der Waals surface area contributed by atoms with Crippen LogP contribution in [0.1, 0.15) is 82.1 Å². The van der Waals surface area contributed by atoms with Crippen molar-refractivity contribution in [2.45, 2.75) is 99.8 Å². The molecule has 1 aliphatic heterocycles. The van der Waals surface area contributed by atoms with E-state index >= 15 is 0 Å². The molecule has 1 heterocycles. The molecule has 5 rings (SSSR count). The smallest absolute Gasteiger partial charge is 0.321 e. The van der Waals surface area contributed by atoms with E-state index in [1.165, 1.54) is 24.3 Å². The largest absolute Gasteiger partial charge is 0.480 e. The molecule has 0 saturated heterocycles. The fraction of sp³-hybridized carbons (Fsp3) is 0.370. The van der Waals surface area contributed by atoms with Crippen LogP contribution in [0.25, 0.3) is 0 Å². The van der Waals surface area contributed by atoms with Gasteiger partial charge in [0.05, 0.1) is 15.5 Å². The highest BCUT2D eigenvalue weighted by Gasteiger charge is 2.40. The molecule has 3 aromatic carbocycles. The molecular formula is C46H56N2O12S3. The minimum Gasteiger partial charge on any atom is -0.480 e. The molecule has 0 saturated carbocycles. The van der Waals surface area contributed by atoms with Crippen molar-refractivity contribution in [3.63, 3.8) is 0 Å². The second kappa shape index (κ2) is 19.1. The summed E-state index contributed by atoms with van der Waals surface area (Å²) in [6, 6.07) is 15.2. The van der Waals surface area contributed by atoms with Crippen LogP contribution >= 0.6 is 0 Å². The average Bonchev–Trinajstić information content (AvgIpc) is 3.40. The third kappa shape index (κ3) is 11.8. The number of carboxylic acid groups (broad SMARTS) is 1. The molecule has 5 N–H and O–H groups in total. The first kappa shape index (κ1) is 49.1. The maximum Gasteiger partial charge on any atom is 0.321 e. The molecule has 0 radical (unpaired) electrons. The zero-order chi connectivity index (χ0) is 46.7. The lowest BCUT2D eigenvalue weighted by Gasteiger charge is -2.29. The van der Waals surface area contributed by atoms with Gasteiger partial charge in [0.15, 0.2) is 0 Å². The molecule has 0 spiro atoms. The van der Waals surface area contributed by atoms with E-state index < -0.39 is 58.9 Å². The summed E-state index contributed by atoms with van der Waals surface area (Å²) >= 11 is 0. The Morgan fingerprint density at radius 3 is 2.16 bits per heavy atom. The van der Waals surface area contributed by atoms with Crippen molar-refractivity contribution in [2.24, 2.45) is 0 Å². The number of aliphatic carboxylic acids is 1. The molecule has 0 bridgehead atoms. The highest BCUT2D eigenvalue weighted by Crippen LogP contribution is 2.49. The molecule has 340 valence electrons. The topological polar surface area (TPSA) is 225 Å². The van der Waals surface area contributed by atoms with E-state index in [0.29, 0.717) is 59.7 Å². The predicted octanol–water partition coefficient (Wildman–Crippen LogP) is 7.89. The van der Waals surface area contributed by atoms with Crippen LogP contribution in [0, 0.1) is 6.92 Å². The molecule has 1 atom stereocenters. The summed E-state index contributed by atoms with van der Waals surface area (Å²) in [6.45, 7) is 14.2. The molecule has 0 fully saturated rings. The van der Waals surface area contributed by atoms with Gasteiger partial charge in [-0.25, -0.2) is 0 Å². The van der Waals surface area contributed by atoms with Crippen molar-refractivity contribution in [2.75, 3.05) is 24.2 Å². The SMILES string of the molecule is C=C(/C=C/C1=C(Oc2ccc(CC(NC)C(=O)O)cc2)C(=C/C=C2/N(CCCCS(=O)(=O)O)c3ccc(S(=O)(=O)O)cc3C2(C)C)/CCC1)C(C)(C)c1cc(S(=O)(=O)O)ccc1C. The number of benzene rings is 3. The Morgan fingerprint density at radius 2 is 1.56 bits per heavy atom. The van der Waals surface area contributed by atoms with Crippen LogP contribution in [0.4, 0.5) is 5.69 Å². The molecule has 2 aliphatic rings. The molecule has 17 heteroatoms. The van der Waals surface area contributed by atoms with E-state index in [2.05, 4.69) is 11.9 Å². The summed E-state index contributed by atoms with van der Waals surface area (Å²) in [4.78, 5) is 13.2. The van der Waals surface area contributed by atoms with Crippen LogP contribution in [0.15, 0.2) is 130 Å². The Balaban J connectivity index is 1.60. The number of carbonyl (C=O) groups is 1. The van der Waals surface area contributed by atoms with Crippen LogP contribution in [0.3, 0.4) is 0 Å². The standard InChI is InChI=1S/C46H56N2O12S3/c1-30-13-21-36(62(54,55)56)28-38(30)45(3,4)31(2)14-17-33-11-10-12-34(43(33)60-35-19-15-32(16-20-35)27-40(47-7)44(49)50)18-24-42-46(5,6)39-29-37(63(57,58)59)22-23-41(39)48(42)25-8-9-26-61(51,52)53/h13-24,28-29,40,47H,2,8-12,25-27H2,1,3-7H3,(H,49,50)(H,51,52,53)(H,54,55,56)(H,57,58,59)/b17-14+,34-18+,42-24+. The third-order valence-corrected chi connectivity index (χ3v) is 14.3. The minimum absolute atomic E-state index is 0.178. The van der Waals surface area contributed by atoms with Gasteiger partial charge >= 0.3 is 5.97 Å². The van der Waals surface area contributed by atoms with Gasteiger partial charge in [-0.3, -0.25) is 18.5 Å².